The largest absolute Gasteiger partial charge is 0.280 e. The van der Waals surface area contributed by atoms with Gasteiger partial charge in [-0.1, -0.05) is 23.2 Å². The molecule has 0 atom stereocenters. The van der Waals surface area contributed by atoms with Gasteiger partial charge in [0.15, 0.2) is 5.65 Å². The summed E-state index contributed by atoms with van der Waals surface area (Å²) in [5.74, 6) is 0. The van der Waals surface area contributed by atoms with E-state index in [1.165, 1.54) is 0 Å². The van der Waals surface area contributed by atoms with E-state index in [0.29, 0.717) is 15.7 Å². The first kappa shape index (κ1) is 10.8. The van der Waals surface area contributed by atoms with Crippen LogP contribution in [-0.4, -0.2) is 15.2 Å². The maximum absolute atomic E-state index is 6.41. The number of nitrogens with zero attached hydrogens (tertiary/aromatic N) is 2. The van der Waals surface area contributed by atoms with Crippen LogP contribution < -0.4 is 0 Å². The van der Waals surface area contributed by atoms with Crippen molar-refractivity contribution in [1.29, 1.82) is 0 Å². The van der Waals surface area contributed by atoms with Crippen molar-refractivity contribution in [2.45, 2.75) is 13.8 Å². The number of pyridine rings is 1. The number of nitrogens with one attached hydrogen (secondary N) is 1. The van der Waals surface area contributed by atoms with Crippen molar-refractivity contribution >= 4 is 45.1 Å². The summed E-state index contributed by atoms with van der Waals surface area (Å²) >= 11 is 12.5. The number of halogens is 2. The van der Waals surface area contributed by atoms with Gasteiger partial charge >= 0.3 is 0 Å². The highest BCUT2D eigenvalue weighted by Crippen LogP contribution is 2.34. The Morgan fingerprint density at radius 3 is 2.71 bits per heavy atom. The molecule has 2 heterocycles. The Labute approximate surface area is 108 Å². The number of hydrogen-bond donors (Lipinski definition) is 1. The van der Waals surface area contributed by atoms with Crippen LogP contribution in [0.3, 0.4) is 0 Å². The highest BCUT2D eigenvalue weighted by Gasteiger charge is 2.13. The first-order valence-electron chi connectivity index (χ1n) is 5.18. The van der Waals surface area contributed by atoms with Crippen molar-refractivity contribution in [1.82, 2.24) is 15.2 Å². The molecule has 3 rings (SSSR count). The molecular formula is C12H9Cl2N3. The van der Waals surface area contributed by atoms with E-state index in [2.05, 4.69) is 15.2 Å². The zero-order valence-electron chi connectivity index (χ0n) is 9.31. The third kappa shape index (κ3) is 1.50. The molecule has 3 nitrogen and oxygen atoms in total. The molecule has 0 amide bonds. The van der Waals surface area contributed by atoms with Crippen molar-refractivity contribution in [3.05, 3.63) is 33.4 Å². The molecule has 17 heavy (non-hydrogen) atoms. The molecule has 0 saturated carbocycles. The van der Waals surface area contributed by atoms with Crippen molar-refractivity contribution < 1.29 is 0 Å². The number of aromatic amines is 1. The lowest BCUT2D eigenvalue weighted by Gasteiger charge is -2.05. The fraction of sp³-hybridized carbons (Fsp3) is 0.167. The van der Waals surface area contributed by atoms with Gasteiger partial charge < -0.3 is 0 Å². The van der Waals surface area contributed by atoms with Crippen molar-refractivity contribution in [3.8, 4) is 0 Å². The van der Waals surface area contributed by atoms with Gasteiger partial charge in [0.05, 0.1) is 15.9 Å². The van der Waals surface area contributed by atoms with Gasteiger partial charge in [0.25, 0.3) is 0 Å². The second kappa shape index (κ2) is 3.59. The second-order valence-electron chi connectivity index (χ2n) is 4.09. The molecule has 5 heteroatoms. The number of benzene rings is 1. The quantitative estimate of drug-likeness (QED) is 0.667. The zero-order chi connectivity index (χ0) is 12.2. The smallest absolute Gasteiger partial charge is 0.183 e. The summed E-state index contributed by atoms with van der Waals surface area (Å²) in [5, 5.41) is 10.1. The molecule has 86 valence electrons. The number of rotatable bonds is 0. The first-order valence-corrected chi connectivity index (χ1v) is 5.93. The lowest BCUT2D eigenvalue weighted by atomic mass is 10.1. The Hall–Kier alpha value is -1.32. The zero-order valence-corrected chi connectivity index (χ0v) is 10.8. The summed E-state index contributed by atoms with van der Waals surface area (Å²) in [4.78, 5) is 4.51. The minimum absolute atomic E-state index is 0.644. The third-order valence-electron chi connectivity index (χ3n) is 2.87. The number of hydrogen-bond acceptors (Lipinski definition) is 2. The fourth-order valence-corrected chi connectivity index (χ4v) is 2.69. The van der Waals surface area contributed by atoms with E-state index in [4.69, 9.17) is 23.2 Å². The van der Waals surface area contributed by atoms with Crippen LogP contribution in [0.25, 0.3) is 21.9 Å². The van der Waals surface area contributed by atoms with Gasteiger partial charge in [-0.2, -0.15) is 5.10 Å². The Kier molecular flexibility index (Phi) is 2.28. The molecule has 0 aliphatic carbocycles. The molecule has 0 fully saturated rings. The molecule has 1 N–H and O–H groups in total. The van der Waals surface area contributed by atoms with Crippen LogP contribution in [0.5, 0.6) is 0 Å². The molecule has 0 aliphatic heterocycles. The molecule has 2 aromatic heterocycles. The summed E-state index contributed by atoms with van der Waals surface area (Å²) in [6, 6.07) is 3.71. The first-order chi connectivity index (χ1) is 8.08. The van der Waals surface area contributed by atoms with Crippen molar-refractivity contribution in [2.24, 2.45) is 0 Å². The van der Waals surface area contributed by atoms with Crippen LogP contribution >= 0.6 is 23.2 Å². The van der Waals surface area contributed by atoms with Crippen molar-refractivity contribution in [2.75, 3.05) is 0 Å². The molecular weight excluding hydrogens is 257 g/mol. The van der Waals surface area contributed by atoms with E-state index in [1.54, 1.807) is 0 Å². The highest BCUT2D eigenvalue weighted by atomic mass is 35.5. The predicted molar refractivity (Wildman–Crippen MR) is 70.9 cm³/mol. The maximum Gasteiger partial charge on any atom is 0.183 e. The van der Waals surface area contributed by atoms with Crippen LogP contribution in [0.2, 0.25) is 10.0 Å². The van der Waals surface area contributed by atoms with Gasteiger partial charge in [-0.3, -0.25) is 5.10 Å². The lowest BCUT2D eigenvalue weighted by molar-refractivity contribution is 1.06. The minimum Gasteiger partial charge on any atom is -0.280 e. The molecule has 1 aromatic carbocycles. The van der Waals surface area contributed by atoms with Crippen LogP contribution in [0.4, 0.5) is 0 Å². The average molecular weight is 266 g/mol. The standard InChI is InChI=1S/C12H9Cl2N3/c1-5-3-7(13)4-8-10(14)9-6(2)16-17-12(9)15-11(5)8/h3-4H,1-2H3,(H,15,16,17). The van der Waals surface area contributed by atoms with E-state index in [0.717, 1.165) is 27.5 Å². The van der Waals surface area contributed by atoms with Gasteiger partial charge in [0.1, 0.15) is 0 Å². The summed E-state index contributed by atoms with van der Waals surface area (Å²) < 4.78 is 0. The molecule has 0 unspecified atom stereocenters. The van der Waals surface area contributed by atoms with Gasteiger partial charge in [-0.05, 0) is 31.5 Å². The third-order valence-corrected chi connectivity index (χ3v) is 3.48. The summed E-state index contributed by atoms with van der Waals surface area (Å²) in [6.07, 6.45) is 0. The molecule has 3 aromatic rings. The van der Waals surface area contributed by atoms with Crippen LogP contribution in [0.1, 0.15) is 11.3 Å². The Bertz CT molecular complexity index is 746. The lowest BCUT2D eigenvalue weighted by Crippen LogP contribution is -1.87. The summed E-state index contributed by atoms with van der Waals surface area (Å²) in [7, 11) is 0. The summed E-state index contributed by atoms with van der Waals surface area (Å²) in [5.41, 5.74) is 3.40. The van der Waals surface area contributed by atoms with Crippen LogP contribution in [-0.2, 0) is 0 Å². The second-order valence-corrected chi connectivity index (χ2v) is 4.91. The van der Waals surface area contributed by atoms with E-state index in [1.807, 2.05) is 26.0 Å². The number of aromatic nitrogens is 3. The Balaban J connectivity index is 2.61. The van der Waals surface area contributed by atoms with Gasteiger partial charge in [0, 0.05) is 16.1 Å². The monoisotopic (exact) mass is 265 g/mol. The molecule has 0 bridgehead atoms. The minimum atomic E-state index is 0.644. The Morgan fingerprint density at radius 1 is 1.18 bits per heavy atom. The predicted octanol–water partition coefficient (Wildman–Crippen LogP) is 4.03. The molecule has 0 radical (unpaired) electrons. The topological polar surface area (TPSA) is 41.6 Å². The highest BCUT2D eigenvalue weighted by molar-refractivity contribution is 6.41. The maximum atomic E-state index is 6.41. The normalized spacial score (nSPS) is 11.5. The fourth-order valence-electron chi connectivity index (χ4n) is 2.05. The van der Waals surface area contributed by atoms with E-state index < -0.39 is 0 Å². The van der Waals surface area contributed by atoms with E-state index >= 15 is 0 Å². The summed E-state index contributed by atoms with van der Waals surface area (Å²) in [6.45, 7) is 3.88. The number of H-pyrrole nitrogens is 1. The van der Waals surface area contributed by atoms with Crippen molar-refractivity contribution in [3.63, 3.8) is 0 Å². The number of fused-ring (bicyclic) bond motifs is 2. The van der Waals surface area contributed by atoms with Gasteiger partial charge in [-0.15, -0.1) is 0 Å². The van der Waals surface area contributed by atoms with Crippen LogP contribution in [0.15, 0.2) is 12.1 Å². The molecule has 0 aliphatic rings. The SMILES string of the molecule is Cc1cc(Cl)cc2c(Cl)c3c(C)[nH]nc3nc12. The van der Waals surface area contributed by atoms with E-state index in [-0.39, 0.29) is 0 Å². The van der Waals surface area contributed by atoms with Gasteiger partial charge in [0.2, 0.25) is 0 Å². The van der Waals surface area contributed by atoms with Gasteiger partial charge in [-0.25, -0.2) is 4.98 Å². The molecule has 0 spiro atoms. The average Bonchev–Trinajstić information content (AvgIpc) is 2.63. The Morgan fingerprint density at radius 2 is 1.94 bits per heavy atom. The van der Waals surface area contributed by atoms with Crippen LogP contribution in [0, 0.1) is 13.8 Å². The number of aryl methyl sites for hydroxylation is 2. The van der Waals surface area contributed by atoms with E-state index in [9.17, 15) is 0 Å². The molecule has 0 saturated heterocycles.